The molecule has 2 aromatic carbocycles. The van der Waals surface area contributed by atoms with Gasteiger partial charge in [0.15, 0.2) is 6.29 Å². The largest absolute Gasteiger partial charge is 0.368 e. The van der Waals surface area contributed by atoms with Gasteiger partial charge in [-0.25, -0.2) is 0 Å². The maximum absolute atomic E-state index is 5.56. The summed E-state index contributed by atoms with van der Waals surface area (Å²) in [6.45, 7) is 2.55. The maximum atomic E-state index is 5.56. The van der Waals surface area contributed by atoms with Crippen LogP contribution in [0.15, 0.2) is 54.6 Å². The molecule has 2 saturated heterocycles. The fraction of sp³-hybridized carbons (Fsp3) is 0.400. The van der Waals surface area contributed by atoms with Crippen molar-refractivity contribution in [2.75, 3.05) is 24.7 Å². The minimum absolute atomic E-state index is 0.170. The lowest BCUT2D eigenvalue weighted by Gasteiger charge is -2.27. The minimum Gasteiger partial charge on any atom is -0.368 e. The molecule has 0 N–H and O–H groups in total. The number of hydrogen-bond acceptors (Lipinski definition) is 3. The number of hydrogen-bond donors (Lipinski definition) is 0. The van der Waals surface area contributed by atoms with E-state index in [1.807, 2.05) is 0 Å². The Kier molecular flexibility index (Phi) is 4.31. The average molecular weight is 309 g/mol. The Hall–Kier alpha value is -1.84. The molecule has 1 atom stereocenters. The SMILES string of the molecule is c1ccc(N2CCCC2Cc2ccc(C3OCCO3)cc2)cc1. The van der Waals surface area contributed by atoms with Gasteiger partial charge in [0.05, 0.1) is 13.2 Å². The molecule has 2 fully saturated rings. The van der Waals surface area contributed by atoms with E-state index in [0.29, 0.717) is 19.3 Å². The summed E-state index contributed by atoms with van der Waals surface area (Å²) >= 11 is 0. The second-order valence-electron chi connectivity index (χ2n) is 6.34. The number of ether oxygens (including phenoxy) is 2. The van der Waals surface area contributed by atoms with Gasteiger partial charge in [0, 0.05) is 23.8 Å². The van der Waals surface area contributed by atoms with E-state index in [9.17, 15) is 0 Å². The van der Waals surface area contributed by atoms with E-state index in [1.165, 1.54) is 24.1 Å². The number of anilines is 1. The van der Waals surface area contributed by atoms with Crippen LogP contribution in [0.1, 0.15) is 30.3 Å². The Labute approximate surface area is 137 Å². The van der Waals surface area contributed by atoms with Crippen LogP contribution in [0.25, 0.3) is 0 Å². The van der Waals surface area contributed by atoms with E-state index in [1.54, 1.807) is 0 Å². The van der Waals surface area contributed by atoms with E-state index < -0.39 is 0 Å². The topological polar surface area (TPSA) is 21.7 Å². The van der Waals surface area contributed by atoms with Crippen LogP contribution in [-0.2, 0) is 15.9 Å². The molecular formula is C20H23NO2. The Balaban J connectivity index is 1.44. The first kappa shape index (κ1) is 14.7. The lowest BCUT2D eigenvalue weighted by molar-refractivity contribution is -0.0441. The smallest absolute Gasteiger partial charge is 0.184 e. The summed E-state index contributed by atoms with van der Waals surface area (Å²) in [5.41, 5.74) is 3.86. The third-order valence-corrected chi connectivity index (χ3v) is 4.81. The number of nitrogens with zero attached hydrogens (tertiary/aromatic N) is 1. The van der Waals surface area contributed by atoms with Gasteiger partial charge < -0.3 is 14.4 Å². The third-order valence-electron chi connectivity index (χ3n) is 4.81. The fourth-order valence-corrected chi connectivity index (χ4v) is 3.64. The Morgan fingerprint density at radius 1 is 0.913 bits per heavy atom. The predicted molar refractivity (Wildman–Crippen MR) is 91.6 cm³/mol. The molecule has 0 bridgehead atoms. The van der Waals surface area contributed by atoms with E-state index in [4.69, 9.17) is 9.47 Å². The normalized spacial score (nSPS) is 21.9. The minimum atomic E-state index is -0.170. The quantitative estimate of drug-likeness (QED) is 0.854. The summed E-state index contributed by atoms with van der Waals surface area (Å²) in [6.07, 6.45) is 3.48. The summed E-state index contributed by atoms with van der Waals surface area (Å²) in [6, 6.07) is 20.1. The molecule has 3 heteroatoms. The van der Waals surface area contributed by atoms with Gasteiger partial charge in [-0.2, -0.15) is 0 Å². The molecule has 0 spiro atoms. The van der Waals surface area contributed by atoms with E-state index >= 15 is 0 Å². The number of benzene rings is 2. The zero-order chi connectivity index (χ0) is 15.5. The van der Waals surface area contributed by atoms with Crippen molar-refractivity contribution in [1.29, 1.82) is 0 Å². The average Bonchev–Trinajstić information content (AvgIpc) is 3.28. The first-order valence-electron chi connectivity index (χ1n) is 8.54. The second kappa shape index (κ2) is 6.73. The van der Waals surface area contributed by atoms with Crippen LogP contribution in [0.2, 0.25) is 0 Å². The van der Waals surface area contributed by atoms with Crippen molar-refractivity contribution in [3.05, 3.63) is 65.7 Å². The molecule has 1 unspecified atom stereocenters. The molecule has 2 aromatic rings. The summed E-state index contributed by atoms with van der Waals surface area (Å²) < 4.78 is 11.1. The predicted octanol–water partition coefficient (Wildman–Crippen LogP) is 3.94. The highest BCUT2D eigenvalue weighted by Gasteiger charge is 2.25. The van der Waals surface area contributed by atoms with Crippen LogP contribution >= 0.6 is 0 Å². The zero-order valence-corrected chi connectivity index (χ0v) is 13.4. The molecule has 120 valence electrons. The van der Waals surface area contributed by atoms with Crippen LogP contribution < -0.4 is 4.90 Å². The Morgan fingerprint density at radius 2 is 1.65 bits per heavy atom. The monoisotopic (exact) mass is 309 g/mol. The summed E-state index contributed by atoms with van der Waals surface area (Å²) in [4.78, 5) is 2.55. The van der Waals surface area contributed by atoms with E-state index in [0.717, 1.165) is 18.5 Å². The molecule has 2 heterocycles. The number of para-hydroxylation sites is 1. The highest BCUT2D eigenvalue weighted by molar-refractivity contribution is 5.48. The fourth-order valence-electron chi connectivity index (χ4n) is 3.64. The molecule has 2 aliphatic heterocycles. The molecule has 0 aromatic heterocycles. The van der Waals surface area contributed by atoms with Gasteiger partial charge in [-0.3, -0.25) is 0 Å². The molecular weight excluding hydrogens is 286 g/mol. The second-order valence-corrected chi connectivity index (χ2v) is 6.34. The van der Waals surface area contributed by atoms with Gasteiger partial charge in [0.25, 0.3) is 0 Å². The summed E-state index contributed by atoms with van der Waals surface area (Å²) in [7, 11) is 0. The molecule has 2 aliphatic rings. The molecule has 3 nitrogen and oxygen atoms in total. The van der Waals surface area contributed by atoms with Crippen molar-refractivity contribution < 1.29 is 9.47 Å². The van der Waals surface area contributed by atoms with E-state index in [2.05, 4.69) is 59.5 Å². The lowest BCUT2D eigenvalue weighted by Crippen LogP contribution is -2.30. The standard InChI is InChI=1S/C20H23NO2/c1-2-5-18(6-3-1)21-12-4-7-19(21)15-16-8-10-17(11-9-16)20-22-13-14-23-20/h1-3,5-6,8-11,19-20H,4,7,12-15H2. The molecule has 0 radical (unpaired) electrons. The van der Waals surface area contributed by atoms with Crippen molar-refractivity contribution in [3.8, 4) is 0 Å². The molecule has 23 heavy (non-hydrogen) atoms. The van der Waals surface area contributed by atoms with Crippen molar-refractivity contribution in [1.82, 2.24) is 0 Å². The van der Waals surface area contributed by atoms with E-state index in [-0.39, 0.29) is 6.29 Å². The van der Waals surface area contributed by atoms with Crippen LogP contribution in [-0.4, -0.2) is 25.8 Å². The molecule has 0 saturated carbocycles. The van der Waals surface area contributed by atoms with Crippen molar-refractivity contribution in [2.45, 2.75) is 31.6 Å². The molecule has 0 amide bonds. The molecule has 4 rings (SSSR count). The van der Waals surface area contributed by atoms with Crippen LogP contribution in [0.4, 0.5) is 5.69 Å². The van der Waals surface area contributed by atoms with Gasteiger partial charge >= 0.3 is 0 Å². The highest BCUT2D eigenvalue weighted by atomic mass is 16.7. The Bertz CT molecular complexity index is 620. The first-order valence-corrected chi connectivity index (χ1v) is 8.54. The third kappa shape index (κ3) is 3.26. The van der Waals surface area contributed by atoms with Gasteiger partial charge in [-0.15, -0.1) is 0 Å². The zero-order valence-electron chi connectivity index (χ0n) is 13.4. The van der Waals surface area contributed by atoms with Crippen molar-refractivity contribution in [2.24, 2.45) is 0 Å². The van der Waals surface area contributed by atoms with Crippen molar-refractivity contribution >= 4 is 5.69 Å². The van der Waals surface area contributed by atoms with Crippen LogP contribution in [0, 0.1) is 0 Å². The van der Waals surface area contributed by atoms with Gasteiger partial charge in [-0.1, -0.05) is 42.5 Å². The van der Waals surface area contributed by atoms with Gasteiger partial charge in [0.1, 0.15) is 0 Å². The van der Waals surface area contributed by atoms with Crippen LogP contribution in [0.5, 0.6) is 0 Å². The van der Waals surface area contributed by atoms with Gasteiger partial charge in [0.2, 0.25) is 0 Å². The number of rotatable bonds is 4. The molecule has 0 aliphatic carbocycles. The van der Waals surface area contributed by atoms with Gasteiger partial charge in [-0.05, 0) is 37.0 Å². The lowest BCUT2D eigenvalue weighted by atomic mass is 10.0. The maximum Gasteiger partial charge on any atom is 0.184 e. The first-order chi connectivity index (χ1) is 11.4. The summed E-state index contributed by atoms with van der Waals surface area (Å²) in [5.74, 6) is 0. The van der Waals surface area contributed by atoms with Crippen molar-refractivity contribution in [3.63, 3.8) is 0 Å². The Morgan fingerprint density at radius 3 is 2.39 bits per heavy atom. The summed E-state index contributed by atoms with van der Waals surface area (Å²) in [5, 5.41) is 0. The highest BCUT2D eigenvalue weighted by Crippen LogP contribution is 2.28. The van der Waals surface area contributed by atoms with Crippen LogP contribution in [0.3, 0.4) is 0 Å².